The quantitative estimate of drug-likeness (QED) is 0.821. The fraction of sp³-hybridized carbons (Fsp3) is 0.368. The molecule has 0 saturated carbocycles. The van der Waals surface area contributed by atoms with Crippen molar-refractivity contribution in [1.82, 2.24) is 0 Å². The molecule has 0 fully saturated rings. The third-order valence-electron chi connectivity index (χ3n) is 4.15. The van der Waals surface area contributed by atoms with Crippen LogP contribution in [0.2, 0.25) is 0 Å². The van der Waals surface area contributed by atoms with Gasteiger partial charge in [-0.1, -0.05) is 37.3 Å². The molecule has 0 aromatic heterocycles. The van der Waals surface area contributed by atoms with Gasteiger partial charge in [0.25, 0.3) is 0 Å². The van der Waals surface area contributed by atoms with Crippen molar-refractivity contribution in [2.24, 2.45) is 11.7 Å². The van der Waals surface area contributed by atoms with Crippen molar-refractivity contribution >= 4 is 11.8 Å². The van der Waals surface area contributed by atoms with Crippen LogP contribution in [0.3, 0.4) is 0 Å². The third-order valence-corrected chi connectivity index (χ3v) is 5.45. The van der Waals surface area contributed by atoms with E-state index in [4.69, 9.17) is 10.5 Å². The highest BCUT2D eigenvalue weighted by Gasteiger charge is 2.27. The lowest BCUT2D eigenvalue weighted by Crippen LogP contribution is -2.24. The van der Waals surface area contributed by atoms with E-state index in [1.165, 1.54) is 16.0 Å². The molecular formula is C19H23NOS. The number of thioether (sulfide) groups is 1. The monoisotopic (exact) mass is 313 g/mol. The second-order valence-corrected chi connectivity index (χ2v) is 7.04. The van der Waals surface area contributed by atoms with Crippen LogP contribution in [0.5, 0.6) is 5.75 Å². The molecule has 2 atom stereocenters. The van der Waals surface area contributed by atoms with Crippen molar-refractivity contribution in [1.29, 1.82) is 0 Å². The van der Waals surface area contributed by atoms with E-state index in [0.717, 1.165) is 24.3 Å². The normalized spacial score (nSPS) is 17.8. The van der Waals surface area contributed by atoms with Gasteiger partial charge < -0.3 is 10.5 Å². The Balaban J connectivity index is 1.58. The number of hydrogen-bond donors (Lipinski definition) is 1. The number of nitrogens with two attached hydrogens (primary N) is 1. The van der Waals surface area contributed by atoms with Crippen molar-refractivity contribution in [3.05, 3.63) is 59.7 Å². The third kappa shape index (κ3) is 3.65. The first kappa shape index (κ1) is 15.4. The lowest BCUT2D eigenvalue weighted by Gasteiger charge is -2.18. The van der Waals surface area contributed by atoms with Crippen molar-refractivity contribution < 1.29 is 4.74 Å². The summed E-state index contributed by atoms with van der Waals surface area (Å²) in [5.41, 5.74) is 8.24. The summed E-state index contributed by atoms with van der Waals surface area (Å²) in [6.45, 7) is 2.97. The lowest BCUT2D eigenvalue weighted by molar-refractivity contribution is 0.181. The maximum absolute atomic E-state index is 6.19. The van der Waals surface area contributed by atoms with E-state index < -0.39 is 0 Å². The molecule has 22 heavy (non-hydrogen) atoms. The molecule has 116 valence electrons. The van der Waals surface area contributed by atoms with Gasteiger partial charge in [0.15, 0.2) is 0 Å². The Kier molecular flexibility index (Phi) is 5.06. The van der Waals surface area contributed by atoms with Gasteiger partial charge in [-0.15, -0.1) is 11.8 Å². The molecule has 2 nitrogen and oxygen atoms in total. The number of ether oxygens (including phenoxy) is 1. The molecule has 1 heterocycles. The minimum absolute atomic E-state index is 0.291. The van der Waals surface area contributed by atoms with Gasteiger partial charge in [0.05, 0.1) is 0 Å². The molecule has 2 N–H and O–H groups in total. The predicted octanol–water partition coefficient (Wildman–Crippen LogP) is 3.92. The van der Waals surface area contributed by atoms with Crippen molar-refractivity contribution in [2.75, 3.05) is 12.3 Å². The number of hydrogen-bond acceptors (Lipinski definition) is 3. The molecule has 2 aromatic carbocycles. The van der Waals surface area contributed by atoms with Gasteiger partial charge in [0.1, 0.15) is 11.9 Å². The Morgan fingerprint density at radius 2 is 2.05 bits per heavy atom. The van der Waals surface area contributed by atoms with Crippen molar-refractivity contribution in [2.45, 2.75) is 30.8 Å². The Morgan fingerprint density at radius 3 is 2.82 bits per heavy atom. The molecular weight excluding hydrogens is 290 g/mol. The molecule has 0 aliphatic carbocycles. The summed E-state index contributed by atoms with van der Waals surface area (Å²) in [6.07, 6.45) is 2.23. The number of rotatable bonds is 6. The van der Waals surface area contributed by atoms with Crippen LogP contribution in [0.4, 0.5) is 0 Å². The molecule has 0 unspecified atom stereocenters. The zero-order valence-electron chi connectivity index (χ0n) is 13.0. The topological polar surface area (TPSA) is 35.2 Å². The van der Waals surface area contributed by atoms with E-state index in [2.05, 4.69) is 55.5 Å². The van der Waals surface area contributed by atoms with Gasteiger partial charge in [-0.25, -0.2) is 0 Å². The molecule has 3 rings (SSSR count). The molecule has 0 amide bonds. The lowest BCUT2D eigenvalue weighted by atomic mass is 10.0. The molecule has 2 aromatic rings. The molecule has 0 radical (unpaired) electrons. The maximum Gasteiger partial charge on any atom is 0.123 e. The first-order valence-corrected chi connectivity index (χ1v) is 8.91. The van der Waals surface area contributed by atoms with E-state index in [9.17, 15) is 0 Å². The summed E-state index contributed by atoms with van der Waals surface area (Å²) in [7, 11) is 0. The van der Waals surface area contributed by atoms with E-state index in [1.54, 1.807) is 0 Å². The largest absolute Gasteiger partial charge is 0.489 e. The first-order chi connectivity index (χ1) is 10.8. The minimum Gasteiger partial charge on any atom is -0.489 e. The van der Waals surface area contributed by atoms with Crippen molar-refractivity contribution in [3.8, 4) is 5.75 Å². The van der Waals surface area contributed by atoms with E-state index >= 15 is 0 Å². The van der Waals surface area contributed by atoms with Gasteiger partial charge in [-0.3, -0.25) is 0 Å². The summed E-state index contributed by atoms with van der Waals surface area (Å²) in [4.78, 5) is 1.33. The SMILES string of the molecule is C[C@H](CSc1ccccc1)[C@H]1Cc2ccc(CCN)cc2O1. The molecule has 0 bridgehead atoms. The van der Waals surface area contributed by atoms with Gasteiger partial charge in [-0.2, -0.15) is 0 Å². The predicted molar refractivity (Wildman–Crippen MR) is 93.7 cm³/mol. The maximum atomic E-state index is 6.19. The number of benzene rings is 2. The molecule has 3 heteroatoms. The molecule has 1 aliphatic rings. The van der Waals surface area contributed by atoms with Crippen molar-refractivity contribution in [3.63, 3.8) is 0 Å². The fourth-order valence-electron chi connectivity index (χ4n) is 2.79. The zero-order valence-corrected chi connectivity index (χ0v) is 13.8. The standard InChI is InChI=1S/C19H23NOS/c1-14(13-22-17-5-3-2-4-6-17)18-12-16-8-7-15(9-10-20)11-19(16)21-18/h2-8,11,14,18H,9-10,12-13,20H2,1H3/t14-,18-/m1/s1. The zero-order chi connectivity index (χ0) is 15.4. The Bertz CT molecular complexity index is 614. The molecule has 0 spiro atoms. The van der Waals surface area contributed by atoms with Gasteiger partial charge in [0.2, 0.25) is 0 Å². The van der Waals surface area contributed by atoms with Crippen LogP contribution in [-0.4, -0.2) is 18.4 Å². The minimum atomic E-state index is 0.291. The highest BCUT2D eigenvalue weighted by atomic mass is 32.2. The fourth-order valence-corrected chi connectivity index (χ4v) is 3.81. The second-order valence-electron chi connectivity index (χ2n) is 5.94. The average Bonchev–Trinajstić information content (AvgIpc) is 2.97. The highest BCUT2D eigenvalue weighted by molar-refractivity contribution is 7.99. The average molecular weight is 313 g/mol. The Morgan fingerprint density at radius 1 is 1.23 bits per heavy atom. The smallest absolute Gasteiger partial charge is 0.123 e. The molecule has 1 aliphatic heterocycles. The van der Waals surface area contributed by atoms with Crippen LogP contribution in [0.15, 0.2) is 53.4 Å². The Hall–Kier alpha value is -1.45. The second kappa shape index (κ2) is 7.21. The van der Waals surface area contributed by atoms with E-state index in [0.29, 0.717) is 18.6 Å². The van der Waals surface area contributed by atoms with Crippen LogP contribution in [-0.2, 0) is 12.8 Å². The first-order valence-electron chi connectivity index (χ1n) is 7.92. The van der Waals surface area contributed by atoms with Crippen LogP contribution in [0.25, 0.3) is 0 Å². The Labute approximate surface area is 137 Å². The summed E-state index contributed by atoms with van der Waals surface area (Å²) in [5.74, 6) is 2.67. The van der Waals surface area contributed by atoms with E-state index in [-0.39, 0.29) is 0 Å². The highest BCUT2D eigenvalue weighted by Crippen LogP contribution is 2.34. The summed E-state index contributed by atoms with van der Waals surface area (Å²) >= 11 is 1.91. The van der Waals surface area contributed by atoms with Gasteiger partial charge in [0, 0.05) is 23.0 Å². The van der Waals surface area contributed by atoms with Crippen LogP contribution < -0.4 is 10.5 Å². The van der Waals surface area contributed by atoms with Crippen LogP contribution in [0, 0.1) is 5.92 Å². The van der Waals surface area contributed by atoms with Crippen LogP contribution in [0.1, 0.15) is 18.1 Å². The summed E-state index contributed by atoms with van der Waals surface area (Å²) < 4.78 is 6.19. The van der Waals surface area contributed by atoms with E-state index in [1.807, 2.05) is 11.8 Å². The number of fused-ring (bicyclic) bond motifs is 1. The van der Waals surface area contributed by atoms with Gasteiger partial charge in [-0.05, 0) is 42.3 Å². The summed E-state index contributed by atoms with van der Waals surface area (Å²) in [5, 5.41) is 0. The van der Waals surface area contributed by atoms with Crippen LogP contribution >= 0.6 is 11.8 Å². The summed E-state index contributed by atoms with van der Waals surface area (Å²) in [6, 6.07) is 17.1. The van der Waals surface area contributed by atoms with Gasteiger partial charge >= 0.3 is 0 Å². The molecule has 0 saturated heterocycles.